The van der Waals surface area contributed by atoms with Crippen LogP contribution in [0.5, 0.6) is 0 Å². The third kappa shape index (κ3) is 6.35. The summed E-state index contributed by atoms with van der Waals surface area (Å²) in [6, 6.07) is 0.0406. The van der Waals surface area contributed by atoms with Crippen molar-refractivity contribution >= 4 is 14.8 Å². The highest BCUT2D eigenvalue weighted by Gasteiger charge is 2.48. The van der Waals surface area contributed by atoms with Gasteiger partial charge in [0.1, 0.15) is 0 Å². The minimum atomic E-state index is -2.73. The fourth-order valence-corrected chi connectivity index (χ4v) is 6.46. The average molecular weight is 361 g/mol. The smallest absolute Gasteiger partial charge is 0.374 e. The van der Waals surface area contributed by atoms with Gasteiger partial charge in [-0.3, -0.25) is 0 Å². The Hall–Kier alpha value is -0.633. The molecule has 142 valence electrons. The first-order valence-electron chi connectivity index (χ1n) is 9.58. The largest absolute Gasteiger partial charge is 0.504 e. The minimum Gasteiger partial charge on any atom is -0.374 e. The highest BCUT2D eigenvalue weighted by atomic mass is 28.4. The number of hydrogen-bond donors (Lipinski definition) is 1. The number of urea groups is 1. The van der Waals surface area contributed by atoms with Gasteiger partial charge >= 0.3 is 14.8 Å². The van der Waals surface area contributed by atoms with Crippen molar-refractivity contribution < 1.29 is 18.1 Å². The van der Waals surface area contributed by atoms with E-state index in [2.05, 4.69) is 12.2 Å². The first kappa shape index (κ1) is 21.4. The normalized spacial score (nSPS) is 16.5. The number of amides is 2. The number of rotatable bonds is 14. The van der Waals surface area contributed by atoms with Crippen LogP contribution in [0.3, 0.4) is 0 Å². The Kier molecular flexibility index (Phi) is 10.6. The summed E-state index contributed by atoms with van der Waals surface area (Å²) in [7, 11) is -2.73. The van der Waals surface area contributed by atoms with E-state index < -0.39 is 8.80 Å². The van der Waals surface area contributed by atoms with Crippen LogP contribution in [0, 0.1) is 0 Å². The fourth-order valence-electron chi connectivity index (χ4n) is 3.26. The molecule has 0 aromatic heterocycles. The quantitative estimate of drug-likeness (QED) is 0.381. The van der Waals surface area contributed by atoms with E-state index in [1.54, 1.807) is 0 Å². The van der Waals surface area contributed by atoms with E-state index in [9.17, 15) is 4.79 Å². The molecule has 24 heavy (non-hydrogen) atoms. The molecule has 6 nitrogen and oxygen atoms in total. The van der Waals surface area contributed by atoms with Gasteiger partial charge in [0.2, 0.25) is 0 Å². The highest BCUT2D eigenvalue weighted by Crippen LogP contribution is 2.34. The first-order chi connectivity index (χ1) is 11.6. The molecule has 1 saturated heterocycles. The van der Waals surface area contributed by atoms with Crippen molar-refractivity contribution in [2.45, 2.75) is 65.3 Å². The summed E-state index contributed by atoms with van der Waals surface area (Å²) >= 11 is 0. The molecule has 7 heteroatoms. The molecule has 0 spiro atoms. The number of hydrogen-bond acceptors (Lipinski definition) is 4. The van der Waals surface area contributed by atoms with Crippen LogP contribution in [0.4, 0.5) is 4.79 Å². The lowest BCUT2D eigenvalue weighted by Crippen LogP contribution is -2.51. The minimum absolute atomic E-state index is 0.0406. The third-order valence-corrected chi connectivity index (χ3v) is 8.04. The summed E-state index contributed by atoms with van der Waals surface area (Å²) < 4.78 is 18.4. The molecule has 2 amide bonds. The lowest BCUT2D eigenvalue weighted by atomic mass is 10.1. The number of unbranched alkanes of at least 4 members (excludes halogenated alkanes) is 2. The van der Waals surface area contributed by atoms with Crippen LogP contribution in [0.1, 0.15) is 59.8 Å². The summed E-state index contributed by atoms with van der Waals surface area (Å²) in [5, 5.41) is 2.86. The molecule has 0 aromatic rings. The van der Waals surface area contributed by atoms with Crippen LogP contribution in [-0.4, -0.2) is 59.2 Å². The van der Waals surface area contributed by atoms with E-state index in [1.807, 2.05) is 25.7 Å². The summed E-state index contributed by atoms with van der Waals surface area (Å²) in [4.78, 5) is 13.7. The van der Waals surface area contributed by atoms with Gasteiger partial charge in [-0.15, -0.1) is 0 Å². The van der Waals surface area contributed by atoms with Crippen molar-refractivity contribution in [2.75, 3.05) is 39.5 Å². The molecule has 1 atom stereocenters. The molecule has 1 N–H and O–H groups in total. The predicted octanol–water partition coefficient (Wildman–Crippen LogP) is 3.40. The average Bonchev–Trinajstić information content (AvgIpc) is 2.96. The van der Waals surface area contributed by atoms with Crippen LogP contribution in [0.2, 0.25) is 5.54 Å². The Morgan fingerprint density at radius 2 is 1.67 bits per heavy atom. The van der Waals surface area contributed by atoms with Gasteiger partial charge in [0, 0.05) is 45.0 Å². The standard InChI is InChI=1S/C17H36N2O4Si/c1-5-9-10-11-16(12-14-19-15-13-18-17(19)20)24(21-6-2,22-7-3)23-8-4/h16H,5-15H2,1-4H3,(H,18,20). The van der Waals surface area contributed by atoms with Gasteiger partial charge in [-0.2, -0.15) is 0 Å². The van der Waals surface area contributed by atoms with Crippen LogP contribution < -0.4 is 5.32 Å². The molecule has 0 bridgehead atoms. The number of nitrogens with zero attached hydrogens (tertiary/aromatic N) is 1. The second kappa shape index (κ2) is 11.8. The molecule has 1 fully saturated rings. The Bertz CT molecular complexity index is 340. The predicted molar refractivity (Wildman–Crippen MR) is 98.1 cm³/mol. The molecule has 1 unspecified atom stereocenters. The Morgan fingerprint density at radius 1 is 1.04 bits per heavy atom. The van der Waals surface area contributed by atoms with Crippen molar-refractivity contribution in [2.24, 2.45) is 0 Å². The zero-order valence-electron chi connectivity index (χ0n) is 15.9. The van der Waals surface area contributed by atoms with E-state index in [0.717, 1.165) is 38.9 Å². The van der Waals surface area contributed by atoms with Crippen molar-refractivity contribution in [3.05, 3.63) is 0 Å². The Labute approximate surface area is 148 Å². The summed E-state index contributed by atoms with van der Waals surface area (Å²) in [6.07, 6.45) is 5.46. The number of carbonyl (C=O) groups excluding carboxylic acids is 1. The summed E-state index contributed by atoms with van der Waals surface area (Å²) in [6.45, 7) is 12.3. The topological polar surface area (TPSA) is 60.0 Å². The maximum absolute atomic E-state index is 11.8. The van der Waals surface area contributed by atoms with Gasteiger partial charge in [-0.05, 0) is 33.6 Å². The Morgan fingerprint density at radius 3 is 2.12 bits per heavy atom. The molecule has 0 aromatic carbocycles. The molecule has 1 aliphatic heterocycles. The fraction of sp³-hybridized carbons (Fsp3) is 0.941. The van der Waals surface area contributed by atoms with E-state index >= 15 is 0 Å². The second-order valence-corrected chi connectivity index (χ2v) is 8.99. The lowest BCUT2D eigenvalue weighted by Gasteiger charge is -2.36. The molecule has 1 heterocycles. The van der Waals surface area contributed by atoms with Gasteiger partial charge in [0.15, 0.2) is 0 Å². The molecule has 1 aliphatic rings. The molecule has 1 rings (SSSR count). The van der Waals surface area contributed by atoms with Crippen molar-refractivity contribution in [1.29, 1.82) is 0 Å². The molecule has 0 saturated carbocycles. The van der Waals surface area contributed by atoms with Crippen LogP contribution in [0.15, 0.2) is 0 Å². The maximum atomic E-state index is 11.8. The molecule has 0 radical (unpaired) electrons. The van der Waals surface area contributed by atoms with Crippen molar-refractivity contribution in [1.82, 2.24) is 10.2 Å². The summed E-state index contributed by atoms with van der Waals surface area (Å²) in [5.74, 6) is 0. The van der Waals surface area contributed by atoms with Gasteiger partial charge < -0.3 is 23.5 Å². The van der Waals surface area contributed by atoms with Gasteiger partial charge in [0.05, 0.1) is 0 Å². The van der Waals surface area contributed by atoms with E-state index in [1.165, 1.54) is 12.8 Å². The summed E-state index contributed by atoms with van der Waals surface area (Å²) in [5.41, 5.74) is 0.247. The van der Waals surface area contributed by atoms with Crippen molar-refractivity contribution in [3.8, 4) is 0 Å². The molecular weight excluding hydrogens is 324 g/mol. The van der Waals surface area contributed by atoms with E-state index in [0.29, 0.717) is 19.8 Å². The van der Waals surface area contributed by atoms with Gasteiger partial charge in [-0.25, -0.2) is 4.79 Å². The van der Waals surface area contributed by atoms with E-state index in [-0.39, 0.29) is 11.6 Å². The Balaban J connectivity index is 2.81. The first-order valence-corrected chi connectivity index (χ1v) is 11.4. The number of carbonyl (C=O) groups is 1. The molecule has 0 aliphatic carbocycles. The molecular formula is C17H36N2O4Si. The highest BCUT2D eigenvalue weighted by molar-refractivity contribution is 6.62. The maximum Gasteiger partial charge on any atom is 0.504 e. The van der Waals surface area contributed by atoms with Crippen LogP contribution >= 0.6 is 0 Å². The van der Waals surface area contributed by atoms with Gasteiger partial charge in [0.25, 0.3) is 0 Å². The zero-order valence-corrected chi connectivity index (χ0v) is 16.9. The second-order valence-electron chi connectivity index (χ2n) is 6.10. The van der Waals surface area contributed by atoms with E-state index in [4.69, 9.17) is 13.3 Å². The SMILES string of the molecule is CCCCCC(CCN1CCNC1=O)[Si](OCC)(OCC)OCC. The van der Waals surface area contributed by atoms with Crippen LogP contribution in [-0.2, 0) is 13.3 Å². The lowest BCUT2D eigenvalue weighted by molar-refractivity contribution is 0.0574. The van der Waals surface area contributed by atoms with Gasteiger partial charge in [-0.1, -0.05) is 26.2 Å². The number of nitrogens with one attached hydrogen (secondary N) is 1. The zero-order chi connectivity index (χ0) is 17.8. The van der Waals surface area contributed by atoms with Crippen LogP contribution in [0.25, 0.3) is 0 Å². The van der Waals surface area contributed by atoms with Crippen molar-refractivity contribution in [3.63, 3.8) is 0 Å². The monoisotopic (exact) mass is 360 g/mol. The third-order valence-electron chi connectivity index (χ3n) is 4.39.